The van der Waals surface area contributed by atoms with Crippen LogP contribution < -0.4 is 4.72 Å². The van der Waals surface area contributed by atoms with Gasteiger partial charge in [0.1, 0.15) is 4.90 Å². The second-order valence-electron chi connectivity index (χ2n) is 6.00. The van der Waals surface area contributed by atoms with Gasteiger partial charge < -0.3 is 10.0 Å². The molecule has 1 fully saturated rings. The fraction of sp³-hybridized carbons (Fsp3) is 0.562. The van der Waals surface area contributed by atoms with Crippen molar-refractivity contribution in [1.82, 2.24) is 9.62 Å². The molecule has 0 amide bonds. The molecule has 0 aromatic heterocycles. The summed E-state index contributed by atoms with van der Waals surface area (Å²) in [6, 6.07) is 6.05. The van der Waals surface area contributed by atoms with Gasteiger partial charge in [0.25, 0.3) is 0 Å². The van der Waals surface area contributed by atoms with Crippen molar-refractivity contribution in [2.45, 2.75) is 24.2 Å². The minimum Gasteiger partial charge on any atom is -0.396 e. The Labute approximate surface area is 148 Å². The summed E-state index contributed by atoms with van der Waals surface area (Å²) in [5.74, 6) is 0.327. The number of nitriles is 1. The monoisotopic (exact) mass is 371 g/mol. The maximum Gasteiger partial charge on any atom is 0.242 e. The highest BCUT2D eigenvalue weighted by molar-refractivity contribution is 7.89. The number of benzene rings is 1. The number of nitrogens with one attached hydrogen (secondary N) is 1. The molecule has 1 aromatic carbocycles. The standard InChI is InChI=1S/C16H22ClN3O3S/c17-15-9-13(10-18)4-5-16(15)24(22,23)19-6-2-8-20-7-1-3-14(11-20)12-21/h4-5,9,14,19,21H,1-3,6-8,11-12H2/t14-/m0/s1. The summed E-state index contributed by atoms with van der Waals surface area (Å²) in [6.45, 7) is 3.18. The van der Waals surface area contributed by atoms with Crippen LogP contribution in [0.15, 0.2) is 23.1 Å². The highest BCUT2D eigenvalue weighted by Gasteiger charge is 2.20. The number of aliphatic hydroxyl groups excluding tert-OH is 1. The Morgan fingerprint density at radius 2 is 2.25 bits per heavy atom. The summed E-state index contributed by atoms with van der Waals surface area (Å²) < 4.78 is 27.1. The van der Waals surface area contributed by atoms with Crippen LogP contribution in [0.1, 0.15) is 24.8 Å². The van der Waals surface area contributed by atoms with E-state index < -0.39 is 10.0 Å². The molecule has 2 N–H and O–H groups in total. The van der Waals surface area contributed by atoms with Gasteiger partial charge in [-0.25, -0.2) is 13.1 Å². The fourth-order valence-corrected chi connectivity index (χ4v) is 4.50. The Balaban J connectivity index is 1.84. The van der Waals surface area contributed by atoms with Crippen LogP contribution in [0.3, 0.4) is 0 Å². The van der Waals surface area contributed by atoms with Crippen LogP contribution in [-0.2, 0) is 10.0 Å². The fourth-order valence-electron chi connectivity index (χ4n) is 2.88. The van der Waals surface area contributed by atoms with Crippen LogP contribution >= 0.6 is 11.6 Å². The Hall–Kier alpha value is -1.17. The Morgan fingerprint density at radius 1 is 1.46 bits per heavy atom. The lowest BCUT2D eigenvalue weighted by atomic mass is 9.99. The van der Waals surface area contributed by atoms with Crippen molar-refractivity contribution < 1.29 is 13.5 Å². The third kappa shape index (κ3) is 5.16. The second-order valence-corrected chi connectivity index (χ2v) is 8.14. The molecule has 0 bridgehead atoms. The first-order valence-electron chi connectivity index (χ1n) is 7.99. The van der Waals surface area contributed by atoms with Crippen molar-refractivity contribution >= 4 is 21.6 Å². The maximum absolute atomic E-state index is 12.3. The van der Waals surface area contributed by atoms with Crippen molar-refractivity contribution in [2.75, 3.05) is 32.8 Å². The first-order chi connectivity index (χ1) is 11.5. The Bertz CT molecular complexity index is 703. The summed E-state index contributed by atoms with van der Waals surface area (Å²) in [7, 11) is -3.68. The SMILES string of the molecule is N#Cc1ccc(S(=O)(=O)NCCCN2CCC[C@H](CO)C2)c(Cl)c1. The molecule has 0 radical (unpaired) electrons. The van der Waals surface area contributed by atoms with Gasteiger partial charge in [-0.1, -0.05) is 11.6 Å². The third-order valence-corrected chi connectivity index (χ3v) is 6.10. The molecule has 0 spiro atoms. The van der Waals surface area contributed by atoms with Crippen LogP contribution in [0.2, 0.25) is 5.02 Å². The van der Waals surface area contributed by atoms with E-state index in [1.165, 1.54) is 18.2 Å². The van der Waals surface area contributed by atoms with Gasteiger partial charge in [-0.05, 0) is 56.5 Å². The molecule has 1 atom stereocenters. The van der Waals surface area contributed by atoms with Crippen molar-refractivity contribution in [3.05, 3.63) is 28.8 Å². The van der Waals surface area contributed by atoms with Crippen molar-refractivity contribution in [3.8, 4) is 6.07 Å². The molecule has 132 valence electrons. The number of likely N-dealkylation sites (tertiary alicyclic amines) is 1. The molecule has 0 saturated carbocycles. The van der Waals surface area contributed by atoms with Crippen molar-refractivity contribution in [2.24, 2.45) is 5.92 Å². The van der Waals surface area contributed by atoms with E-state index in [0.29, 0.717) is 24.4 Å². The molecule has 2 rings (SSSR count). The molecule has 8 heteroatoms. The van der Waals surface area contributed by atoms with Gasteiger partial charge in [-0.3, -0.25) is 0 Å². The van der Waals surface area contributed by atoms with Crippen LogP contribution in [0.25, 0.3) is 0 Å². The molecule has 1 saturated heterocycles. The zero-order valence-corrected chi connectivity index (χ0v) is 15.0. The number of halogens is 1. The minimum absolute atomic E-state index is 0.0125. The van der Waals surface area contributed by atoms with Crippen molar-refractivity contribution in [1.29, 1.82) is 5.26 Å². The topological polar surface area (TPSA) is 93.4 Å². The van der Waals surface area contributed by atoms with Gasteiger partial charge in [0.05, 0.1) is 16.7 Å². The number of sulfonamides is 1. The summed E-state index contributed by atoms with van der Waals surface area (Å²) in [5.41, 5.74) is 0.322. The molecule has 1 heterocycles. The second kappa shape index (κ2) is 8.79. The zero-order chi connectivity index (χ0) is 17.6. The molecular weight excluding hydrogens is 350 g/mol. The lowest BCUT2D eigenvalue weighted by Gasteiger charge is -2.31. The molecular formula is C16H22ClN3O3S. The number of aliphatic hydroxyl groups is 1. The normalized spacial score (nSPS) is 19.1. The average Bonchev–Trinajstić information content (AvgIpc) is 2.58. The molecule has 24 heavy (non-hydrogen) atoms. The largest absolute Gasteiger partial charge is 0.396 e. The highest BCUT2D eigenvalue weighted by Crippen LogP contribution is 2.22. The van der Waals surface area contributed by atoms with Gasteiger partial charge in [0.2, 0.25) is 10.0 Å². The van der Waals surface area contributed by atoms with Crippen LogP contribution in [0.5, 0.6) is 0 Å². The maximum atomic E-state index is 12.3. The lowest BCUT2D eigenvalue weighted by Crippen LogP contribution is -2.38. The van der Waals surface area contributed by atoms with E-state index in [9.17, 15) is 13.5 Å². The first kappa shape index (κ1) is 19.2. The van der Waals surface area contributed by atoms with Crippen LogP contribution in [0, 0.1) is 17.2 Å². The smallest absolute Gasteiger partial charge is 0.242 e. The first-order valence-corrected chi connectivity index (χ1v) is 9.85. The van der Waals surface area contributed by atoms with Crippen LogP contribution in [0.4, 0.5) is 0 Å². The zero-order valence-electron chi connectivity index (χ0n) is 13.4. The van der Waals surface area contributed by atoms with Crippen molar-refractivity contribution in [3.63, 3.8) is 0 Å². The van der Waals surface area contributed by atoms with E-state index in [-0.39, 0.29) is 16.5 Å². The lowest BCUT2D eigenvalue weighted by molar-refractivity contribution is 0.120. The predicted molar refractivity (Wildman–Crippen MR) is 92.2 cm³/mol. The van der Waals surface area contributed by atoms with Gasteiger partial charge in [-0.15, -0.1) is 0 Å². The van der Waals surface area contributed by atoms with E-state index in [2.05, 4.69) is 9.62 Å². The molecule has 0 unspecified atom stereocenters. The number of rotatable bonds is 7. The summed E-state index contributed by atoms with van der Waals surface area (Å²) >= 11 is 5.96. The third-order valence-electron chi connectivity index (χ3n) is 4.16. The molecule has 1 aliphatic heterocycles. The Kier molecular flexibility index (Phi) is 7.02. The van der Waals surface area contributed by atoms with E-state index in [1.54, 1.807) is 0 Å². The van der Waals surface area contributed by atoms with Gasteiger partial charge in [0.15, 0.2) is 0 Å². The number of hydrogen-bond acceptors (Lipinski definition) is 5. The summed E-state index contributed by atoms with van der Waals surface area (Å²) in [5, 5.41) is 18.1. The molecule has 1 aliphatic rings. The molecule has 1 aromatic rings. The molecule has 0 aliphatic carbocycles. The van der Waals surface area contributed by atoms with Gasteiger partial charge in [-0.2, -0.15) is 5.26 Å². The van der Waals surface area contributed by atoms with E-state index in [1.807, 2.05) is 6.07 Å². The number of hydrogen-bond donors (Lipinski definition) is 2. The average molecular weight is 372 g/mol. The highest BCUT2D eigenvalue weighted by atomic mass is 35.5. The van der Waals surface area contributed by atoms with Gasteiger partial charge >= 0.3 is 0 Å². The van der Waals surface area contributed by atoms with Gasteiger partial charge in [0, 0.05) is 19.7 Å². The van der Waals surface area contributed by atoms with E-state index in [4.69, 9.17) is 16.9 Å². The quantitative estimate of drug-likeness (QED) is 0.710. The van der Waals surface area contributed by atoms with E-state index in [0.717, 1.165) is 32.5 Å². The number of piperidine rings is 1. The Morgan fingerprint density at radius 3 is 2.92 bits per heavy atom. The predicted octanol–water partition coefficient (Wildman–Crippen LogP) is 1.58. The minimum atomic E-state index is -3.68. The number of nitrogens with zero attached hydrogens (tertiary/aromatic N) is 2. The molecule has 6 nitrogen and oxygen atoms in total. The summed E-state index contributed by atoms with van der Waals surface area (Å²) in [6.07, 6.45) is 2.81. The summed E-state index contributed by atoms with van der Waals surface area (Å²) in [4.78, 5) is 2.24. The van der Waals surface area contributed by atoms with Crippen LogP contribution in [-0.4, -0.2) is 51.2 Å². The van der Waals surface area contributed by atoms with E-state index >= 15 is 0 Å².